The lowest BCUT2D eigenvalue weighted by Crippen LogP contribution is -2.36. The van der Waals surface area contributed by atoms with Crippen LogP contribution in [0.5, 0.6) is 0 Å². The summed E-state index contributed by atoms with van der Waals surface area (Å²) in [7, 11) is 0. The van der Waals surface area contributed by atoms with Gasteiger partial charge in [-0.15, -0.1) is 23.2 Å². The molecule has 10 heteroatoms. The lowest BCUT2D eigenvalue weighted by molar-refractivity contribution is -0.0549. The normalized spacial score (nSPS) is 28.9. The first-order valence-corrected chi connectivity index (χ1v) is 6.62. The van der Waals surface area contributed by atoms with E-state index in [-0.39, 0.29) is 11.2 Å². The minimum absolute atomic E-state index is 0.0537. The third-order valence-electron chi connectivity index (χ3n) is 2.64. The zero-order valence-electron chi connectivity index (χ0n) is 10.3. The molecular formula is C10H15Cl2N3O5. The molecule has 0 amide bonds. The van der Waals surface area contributed by atoms with Gasteiger partial charge in [0.25, 0.3) is 0 Å². The number of anilines is 1. The molecule has 0 saturated carbocycles. The molecule has 0 bridgehead atoms. The van der Waals surface area contributed by atoms with Crippen molar-refractivity contribution in [3.63, 3.8) is 0 Å². The Morgan fingerprint density at radius 2 is 2.00 bits per heavy atom. The number of aliphatic hydroxyl groups excluding tert-OH is 3. The number of nitrogen functional groups attached to an aromatic ring is 1. The van der Waals surface area contributed by atoms with Crippen molar-refractivity contribution >= 4 is 29.0 Å². The molecule has 2 rings (SSSR count). The van der Waals surface area contributed by atoms with Crippen LogP contribution < -0.4 is 11.4 Å². The Hall–Kier alpha value is -0.900. The average molecular weight is 328 g/mol. The summed E-state index contributed by atoms with van der Waals surface area (Å²) in [6.45, 7) is -0.453. The zero-order valence-corrected chi connectivity index (χ0v) is 11.8. The van der Waals surface area contributed by atoms with Crippen LogP contribution in [0.1, 0.15) is 6.23 Å². The smallest absolute Gasteiger partial charge is 0.351 e. The molecule has 0 unspecified atom stereocenters. The predicted molar refractivity (Wildman–Crippen MR) is 72.5 cm³/mol. The lowest BCUT2D eigenvalue weighted by Gasteiger charge is -2.16. The molecule has 114 valence electrons. The standard InChI is InChI=1S/C9H13N3O5.CH2Cl2/c10-5-1-2-12(9(16)11-5)8-7(15)6(14)4(3-13)17-8;2-1-3/h1-2,4,6-8,13-15H,3H2,(H2,10,11,16);1H2/t4-,6-,7-,8-;/m1./s1. The van der Waals surface area contributed by atoms with E-state index in [9.17, 15) is 15.0 Å². The van der Waals surface area contributed by atoms with E-state index in [1.165, 1.54) is 12.3 Å². The van der Waals surface area contributed by atoms with Gasteiger partial charge in [-0.2, -0.15) is 4.98 Å². The summed E-state index contributed by atoms with van der Waals surface area (Å²) in [4.78, 5) is 15.0. The molecule has 4 atom stereocenters. The van der Waals surface area contributed by atoms with Crippen LogP contribution >= 0.6 is 23.2 Å². The number of hydrogen-bond acceptors (Lipinski definition) is 7. The molecule has 1 fully saturated rings. The van der Waals surface area contributed by atoms with Crippen molar-refractivity contribution in [3.05, 3.63) is 22.7 Å². The van der Waals surface area contributed by atoms with E-state index >= 15 is 0 Å². The maximum Gasteiger partial charge on any atom is 0.351 e. The van der Waals surface area contributed by atoms with Crippen LogP contribution in [0.15, 0.2) is 17.1 Å². The minimum Gasteiger partial charge on any atom is -0.394 e. The number of halogens is 2. The number of nitrogens with two attached hydrogens (primary N) is 1. The Balaban J connectivity index is 0.000000612. The number of hydrogen-bond donors (Lipinski definition) is 4. The highest BCUT2D eigenvalue weighted by Gasteiger charge is 2.43. The second-order valence-corrected chi connectivity index (χ2v) is 4.68. The van der Waals surface area contributed by atoms with Gasteiger partial charge < -0.3 is 25.8 Å². The molecule has 1 saturated heterocycles. The quantitative estimate of drug-likeness (QED) is 0.505. The summed E-state index contributed by atoms with van der Waals surface area (Å²) in [5.41, 5.74) is 4.63. The number of nitrogens with zero attached hydrogens (tertiary/aromatic N) is 2. The van der Waals surface area contributed by atoms with Crippen molar-refractivity contribution in [3.8, 4) is 0 Å². The van der Waals surface area contributed by atoms with Crippen LogP contribution in [-0.2, 0) is 4.74 Å². The first-order chi connectivity index (χ1) is 9.46. The molecule has 1 aliphatic heterocycles. The van der Waals surface area contributed by atoms with Crippen LogP contribution in [0.3, 0.4) is 0 Å². The number of aromatic nitrogens is 2. The van der Waals surface area contributed by atoms with Gasteiger partial charge in [0.15, 0.2) is 6.23 Å². The summed E-state index contributed by atoms with van der Waals surface area (Å²) in [5, 5.41) is 28.3. The number of rotatable bonds is 2. The maximum absolute atomic E-state index is 11.5. The van der Waals surface area contributed by atoms with Gasteiger partial charge in [0.2, 0.25) is 0 Å². The van der Waals surface area contributed by atoms with E-state index in [1.54, 1.807) is 0 Å². The van der Waals surface area contributed by atoms with Crippen LogP contribution in [0.2, 0.25) is 0 Å². The van der Waals surface area contributed by atoms with E-state index in [1.807, 2.05) is 0 Å². The molecule has 5 N–H and O–H groups in total. The van der Waals surface area contributed by atoms with E-state index in [4.69, 9.17) is 38.8 Å². The first kappa shape index (κ1) is 17.2. The Labute approximate surface area is 124 Å². The van der Waals surface area contributed by atoms with Crippen molar-refractivity contribution in [1.82, 2.24) is 9.55 Å². The molecular weight excluding hydrogens is 313 g/mol. The number of aliphatic hydroxyl groups is 3. The third-order valence-corrected chi connectivity index (χ3v) is 2.64. The van der Waals surface area contributed by atoms with Gasteiger partial charge in [-0.25, -0.2) is 4.79 Å². The van der Waals surface area contributed by atoms with Crippen LogP contribution in [-0.4, -0.2) is 55.1 Å². The van der Waals surface area contributed by atoms with Gasteiger partial charge in [-0.1, -0.05) is 0 Å². The Morgan fingerprint density at radius 1 is 1.40 bits per heavy atom. The molecule has 20 heavy (non-hydrogen) atoms. The fourth-order valence-corrected chi connectivity index (χ4v) is 1.73. The van der Waals surface area contributed by atoms with Gasteiger partial charge in [-0.3, -0.25) is 4.57 Å². The molecule has 1 aromatic heterocycles. The molecule has 2 heterocycles. The van der Waals surface area contributed by atoms with Crippen molar-refractivity contribution < 1.29 is 20.1 Å². The predicted octanol–water partition coefficient (Wildman–Crippen LogP) is -1.14. The second kappa shape index (κ2) is 7.77. The van der Waals surface area contributed by atoms with E-state index < -0.39 is 36.8 Å². The Bertz CT molecular complexity index is 486. The van der Waals surface area contributed by atoms with Crippen molar-refractivity contribution in [2.24, 2.45) is 0 Å². The number of alkyl halides is 2. The minimum atomic E-state index is -1.31. The molecule has 0 spiro atoms. The van der Waals surface area contributed by atoms with Crippen molar-refractivity contribution in [2.45, 2.75) is 24.5 Å². The summed E-state index contributed by atoms with van der Waals surface area (Å²) in [6.07, 6.45) is -3.27. The van der Waals surface area contributed by atoms with E-state index in [0.717, 1.165) is 4.57 Å². The lowest BCUT2D eigenvalue weighted by atomic mass is 10.1. The summed E-state index contributed by atoms with van der Waals surface area (Å²) in [5.74, 6) is 0.0537. The van der Waals surface area contributed by atoms with Crippen LogP contribution in [0, 0.1) is 0 Å². The highest BCUT2D eigenvalue weighted by Crippen LogP contribution is 2.27. The molecule has 0 aliphatic carbocycles. The SMILES string of the molecule is ClCCl.Nc1ccn([C@@H]2O[C@H](CO)[C@@H](O)[C@H]2O)c(=O)n1. The summed E-state index contributed by atoms with van der Waals surface area (Å²) < 4.78 is 6.19. The maximum atomic E-state index is 11.5. The fraction of sp³-hybridized carbons (Fsp3) is 0.600. The number of ether oxygens (including phenoxy) is 1. The molecule has 0 aromatic carbocycles. The van der Waals surface area contributed by atoms with Gasteiger partial charge in [0.05, 0.1) is 11.9 Å². The van der Waals surface area contributed by atoms with Crippen LogP contribution in [0.4, 0.5) is 5.82 Å². The first-order valence-electron chi connectivity index (χ1n) is 5.55. The summed E-state index contributed by atoms with van der Waals surface area (Å²) >= 11 is 9.53. The topological polar surface area (TPSA) is 131 Å². The van der Waals surface area contributed by atoms with Gasteiger partial charge >= 0.3 is 5.69 Å². The van der Waals surface area contributed by atoms with Gasteiger partial charge in [-0.05, 0) is 6.07 Å². The summed E-state index contributed by atoms with van der Waals surface area (Å²) in [6, 6.07) is 1.37. The van der Waals surface area contributed by atoms with Crippen molar-refractivity contribution in [1.29, 1.82) is 0 Å². The van der Waals surface area contributed by atoms with Crippen molar-refractivity contribution in [2.75, 3.05) is 17.7 Å². The Kier molecular flexibility index (Phi) is 6.66. The second-order valence-electron chi connectivity index (χ2n) is 3.87. The highest BCUT2D eigenvalue weighted by atomic mass is 35.5. The largest absolute Gasteiger partial charge is 0.394 e. The Morgan fingerprint density at radius 3 is 2.45 bits per heavy atom. The molecule has 8 nitrogen and oxygen atoms in total. The highest BCUT2D eigenvalue weighted by molar-refractivity contribution is 6.40. The monoisotopic (exact) mass is 327 g/mol. The van der Waals surface area contributed by atoms with Gasteiger partial charge in [0.1, 0.15) is 24.1 Å². The fourth-order valence-electron chi connectivity index (χ4n) is 1.73. The molecule has 0 radical (unpaired) electrons. The average Bonchev–Trinajstić information content (AvgIpc) is 2.67. The van der Waals surface area contributed by atoms with E-state index in [0.29, 0.717) is 0 Å². The third kappa shape index (κ3) is 3.81. The molecule has 1 aliphatic rings. The zero-order chi connectivity index (χ0) is 15.3. The molecule has 1 aromatic rings. The van der Waals surface area contributed by atoms with E-state index in [2.05, 4.69) is 4.98 Å². The van der Waals surface area contributed by atoms with Gasteiger partial charge in [0, 0.05) is 6.20 Å². The van der Waals surface area contributed by atoms with Crippen LogP contribution in [0.25, 0.3) is 0 Å².